The second-order valence-corrected chi connectivity index (χ2v) is 8.18. The molecule has 128 valence electrons. The Morgan fingerprint density at radius 3 is 2.62 bits per heavy atom. The van der Waals surface area contributed by atoms with Gasteiger partial charge in [-0.15, -0.1) is 0 Å². The zero-order chi connectivity index (χ0) is 17.3. The zero-order valence-corrected chi connectivity index (χ0v) is 14.5. The summed E-state index contributed by atoms with van der Waals surface area (Å²) in [6.45, 7) is 4.34. The van der Waals surface area contributed by atoms with Crippen molar-refractivity contribution >= 4 is 15.7 Å². The van der Waals surface area contributed by atoms with E-state index in [9.17, 15) is 13.2 Å². The molecule has 0 N–H and O–H groups in total. The molecule has 0 radical (unpaired) electrons. The molecule has 1 amide bonds. The van der Waals surface area contributed by atoms with Crippen LogP contribution in [0, 0.1) is 0 Å². The van der Waals surface area contributed by atoms with Gasteiger partial charge in [-0.3, -0.25) is 4.79 Å². The Bertz CT molecular complexity index is 845. The molecule has 1 aliphatic heterocycles. The lowest BCUT2D eigenvalue weighted by Crippen LogP contribution is -2.44. The van der Waals surface area contributed by atoms with Crippen LogP contribution >= 0.6 is 0 Å². The Morgan fingerprint density at radius 2 is 1.96 bits per heavy atom. The SMILES string of the molecule is CCS(=O)(=O)CC(=O)N1CCn2nc(-c3ccccc3)nc2[C@@H]1C. The molecule has 3 rings (SSSR count). The molecular formula is C16H20N4O3S. The molecule has 2 aromatic rings. The number of carbonyl (C=O) groups excluding carboxylic acids is 1. The largest absolute Gasteiger partial charge is 0.330 e. The van der Waals surface area contributed by atoms with Gasteiger partial charge in [0.25, 0.3) is 0 Å². The smallest absolute Gasteiger partial charge is 0.238 e. The van der Waals surface area contributed by atoms with Crippen molar-refractivity contribution in [1.29, 1.82) is 0 Å². The van der Waals surface area contributed by atoms with Gasteiger partial charge in [0.1, 0.15) is 11.6 Å². The molecule has 24 heavy (non-hydrogen) atoms. The van der Waals surface area contributed by atoms with Gasteiger partial charge in [-0.05, 0) is 6.92 Å². The summed E-state index contributed by atoms with van der Waals surface area (Å²) in [5, 5.41) is 4.51. The van der Waals surface area contributed by atoms with Gasteiger partial charge in [0.2, 0.25) is 5.91 Å². The van der Waals surface area contributed by atoms with Crippen molar-refractivity contribution in [2.24, 2.45) is 0 Å². The summed E-state index contributed by atoms with van der Waals surface area (Å²) >= 11 is 0. The van der Waals surface area contributed by atoms with Crippen molar-refractivity contribution in [1.82, 2.24) is 19.7 Å². The van der Waals surface area contributed by atoms with E-state index in [-0.39, 0.29) is 17.7 Å². The summed E-state index contributed by atoms with van der Waals surface area (Å²) in [6, 6.07) is 9.33. The number of rotatable bonds is 4. The Hall–Kier alpha value is -2.22. The van der Waals surface area contributed by atoms with E-state index < -0.39 is 15.6 Å². The summed E-state index contributed by atoms with van der Waals surface area (Å²) in [4.78, 5) is 18.5. The van der Waals surface area contributed by atoms with Gasteiger partial charge in [-0.2, -0.15) is 5.10 Å². The first-order valence-corrected chi connectivity index (χ1v) is 9.73. The van der Waals surface area contributed by atoms with Crippen LogP contribution in [-0.4, -0.2) is 52.0 Å². The minimum Gasteiger partial charge on any atom is -0.330 e. The van der Waals surface area contributed by atoms with Crippen LogP contribution in [0.5, 0.6) is 0 Å². The van der Waals surface area contributed by atoms with E-state index in [2.05, 4.69) is 10.1 Å². The van der Waals surface area contributed by atoms with Crippen LogP contribution in [0.25, 0.3) is 11.4 Å². The van der Waals surface area contributed by atoms with Crippen LogP contribution in [0.4, 0.5) is 0 Å². The molecule has 1 aliphatic rings. The molecule has 1 atom stereocenters. The lowest BCUT2D eigenvalue weighted by molar-refractivity contribution is -0.131. The molecule has 0 bridgehead atoms. The predicted molar refractivity (Wildman–Crippen MR) is 89.9 cm³/mol. The third kappa shape index (κ3) is 3.19. The fourth-order valence-corrected chi connectivity index (χ4v) is 3.53. The first kappa shape index (κ1) is 16.6. The molecule has 7 nitrogen and oxygen atoms in total. The van der Waals surface area contributed by atoms with Gasteiger partial charge in [-0.1, -0.05) is 37.3 Å². The van der Waals surface area contributed by atoms with Gasteiger partial charge >= 0.3 is 0 Å². The number of hydrogen-bond acceptors (Lipinski definition) is 5. The lowest BCUT2D eigenvalue weighted by atomic mass is 10.2. The molecular weight excluding hydrogens is 328 g/mol. The van der Waals surface area contributed by atoms with Crippen LogP contribution in [0.15, 0.2) is 30.3 Å². The minimum atomic E-state index is -3.34. The maximum absolute atomic E-state index is 12.4. The van der Waals surface area contributed by atoms with E-state index in [0.717, 1.165) is 5.56 Å². The molecule has 2 heterocycles. The van der Waals surface area contributed by atoms with Crippen molar-refractivity contribution in [3.05, 3.63) is 36.2 Å². The lowest BCUT2D eigenvalue weighted by Gasteiger charge is -2.32. The number of benzene rings is 1. The number of fused-ring (bicyclic) bond motifs is 1. The number of amides is 1. The monoisotopic (exact) mass is 348 g/mol. The fourth-order valence-electron chi connectivity index (χ4n) is 2.79. The quantitative estimate of drug-likeness (QED) is 0.831. The van der Waals surface area contributed by atoms with Crippen LogP contribution in [0.2, 0.25) is 0 Å². The van der Waals surface area contributed by atoms with Gasteiger partial charge < -0.3 is 4.90 Å². The van der Waals surface area contributed by atoms with Gasteiger partial charge in [0.05, 0.1) is 12.6 Å². The van der Waals surface area contributed by atoms with Gasteiger partial charge in [0, 0.05) is 17.9 Å². The first-order chi connectivity index (χ1) is 11.4. The number of carbonyl (C=O) groups is 1. The molecule has 8 heteroatoms. The summed E-state index contributed by atoms with van der Waals surface area (Å²) < 4.78 is 25.2. The van der Waals surface area contributed by atoms with Crippen LogP contribution in [0.1, 0.15) is 25.7 Å². The van der Waals surface area contributed by atoms with Crippen molar-refractivity contribution in [3.63, 3.8) is 0 Å². The Kier molecular flexibility index (Phi) is 4.40. The second-order valence-electron chi connectivity index (χ2n) is 5.82. The molecule has 0 fully saturated rings. The number of sulfone groups is 1. The molecule has 0 saturated heterocycles. The van der Waals surface area contributed by atoms with E-state index in [4.69, 9.17) is 0 Å². The van der Waals surface area contributed by atoms with E-state index in [1.165, 1.54) is 0 Å². The topological polar surface area (TPSA) is 85.2 Å². The highest BCUT2D eigenvalue weighted by Gasteiger charge is 2.32. The van der Waals surface area contributed by atoms with E-state index in [1.807, 2.05) is 37.3 Å². The van der Waals surface area contributed by atoms with Gasteiger partial charge in [0.15, 0.2) is 15.7 Å². The summed E-state index contributed by atoms with van der Waals surface area (Å²) in [5.41, 5.74) is 0.915. The highest BCUT2D eigenvalue weighted by molar-refractivity contribution is 7.92. The van der Waals surface area contributed by atoms with E-state index in [0.29, 0.717) is 24.7 Å². The highest BCUT2D eigenvalue weighted by atomic mass is 32.2. The van der Waals surface area contributed by atoms with Crippen molar-refractivity contribution < 1.29 is 13.2 Å². The number of hydrogen-bond donors (Lipinski definition) is 0. The first-order valence-electron chi connectivity index (χ1n) is 7.91. The van der Waals surface area contributed by atoms with Crippen molar-refractivity contribution in [2.45, 2.75) is 26.4 Å². The average molecular weight is 348 g/mol. The zero-order valence-electron chi connectivity index (χ0n) is 13.7. The average Bonchev–Trinajstić information content (AvgIpc) is 3.01. The predicted octanol–water partition coefficient (Wildman–Crippen LogP) is 1.28. The molecule has 0 unspecified atom stereocenters. The molecule has 0 spiro atoms. The Labute approximate surface area is 141 Å². The maximum Gasteiger partial charge on any atom is 0.238 e. The summed E-state index contributed by atoms with van der Waals surface area (Å²) in [6.07, 6.45) is 0. The highest BCUT2D eigenvalue weighted by Crippen LogP contribution is 2.26. The second kappa shape index (κ2) is 6.35. The van der Waals surface area contributed by atoms with Crippen molar-refractivity contribution in [3.8, 4) is 11.4 Å². The van der Waals surface area contributed by atoms with E-state index in [1.54, 1.807) is 16.5 Å². The third-order valence-electron chi connectivity index (χ3n) is 4.23. The minimum absolute atomic E-state index is 0.0324. The van der Waals surface area contributed by atoms with E-state index >= 15 is 0 Å². The Morgan fingerprint density at radius 1 is 1.25 bits per heavy atom. The fraction of sp³-hybridized carbons (Fsp3) is 0.438. The van der Waals surface area contributed by atoms with Gasteiger partial charge in [-0.25, -0.2) is 18.1 Å². The number of aromatic nitrogens is 3. The maximum atomic E-state index is 12.4. The van der Waals surface area contributed by atoms with Crippen LogP contribution in [0.3, 0.4) is 0 Å². The van der Waals surface area contributed by atoms with Crippen LogP contribution in [-0.2, 0) is 21.2 Å². The van der Waals surface area contributed by atoms with Crippen LogP contribution < -0.4 is 0 Å². The molecule has 1 aromatic carbocycles. The molecule has 1 aromatic heterocycles. The standard InChI is InChI=1S/C16H20N4O3S/c1-3-24(22,23)11-14(21)19-9-10-20-16(12(19)2)17-15(18-20)13-7-5-4-6-8-13/h4-8,12H,3,9-11H2,1-2H3/t12-/m0/s1. The Balaban J connectivity index is 1.84. The normalized spacial score (nSPS) is 17.6. The molecule has 0 saturated carbocycles. The summed E-state index contributed by atoms with van der Waals surface area (Å²) in [5.74, 6) is 0.443. The van der Waals surface area contributed by atoms with Crippen molar-refractivity contribution in [2.75, 3.05) is 18.1 Å². The summed E-state index contributed by atoms with van der Waals surface area (Å²) in [7, 11) is -3.34. The number of nitrogens with zero attached hydrogens (tertiary/aromatic N) is 4. The third-order valence-corrected chi connectivity index (χ3v) is 5.80. The molecule has 0 aliphatic carbocycles.